The van der Waals surface area contributed by atoms with Crippen LogP contribution in [-0.2, 0) is 0 Å². The summed E-state index contributed by atoms with van der Waals surface area (Å²) in [4.78, 5) is 27.6. The number of benzene rings is 2. The third kappa shape index (κ3) is 3.91. The molecule has 0 unspecified atom stereocenters. The molecule has 2 aliphatic rings. The minimum Gasteiger partial charge on any atom is -0.339 e. The van der Waals surface area contributed by atoms with Gasteiger partial charge in [0.05, 0.1) is 11.3 Å². The molecule has 0 aliphatic carbocycles. The number of halogens is 1. The van der Waals surface area contributed by atoms with Crippen molar-refractivity contribution < 1.29 is 9.59 Å². The highest BCUT2D eigenvalue weighted by atomic mass is 35.5. The lowest BCUT2D eigenvalue weighted by Crippen LogP contribution is -2.44. The molecular weight excluding hydrogens is 374 g/mol. The average molecular weight is 398 g/mol. The van der Waals surface area contributed by atoms with E-state index < -0.39 is 0 Å². The second-order valence-electron chi connectivity index (χ2n) is 7.73. The first-order valence-electron chi connectivity index (χ1n) is 9.72. The quantitative estimate of drug-likeness (QED) is 0.827. The van der Waals surface area contributed by atoms with Crippen LogP contribution in [-0.4, -0.2) is 42.9 Å². The highest BCUT2D eigenvalue weighted by molar-refractivity contribution is 6.30. The van der Waals surface area contributed by atoms with Crippen molar-refractivity contribution in [3.05, 3.63) is 64.7 Å². The van der Waals surface area contributed by atoms with Crippen molar-refractivity contribution in [3.8, 4) is 0 Å². The van der Waals surface area contributed by atoms with E-state index in [9.17, 15) is 9.59 Å². The summed E-state index contributed by atoms with van der Waals surface area (Å²) in [5, 5.41) is 6.90. The maximum Gasteiger partial charge on any atom is 0.255 e. The molecule has 146 valence electrons. The lowest BCUT2D eigenvalue weighted by molar-refractivity contribution is 0.0608. The predicted octanol–water partition coefficient (Wildman–Crippen LogP) is 3.81. The van der Waals surface area contributed by atoms with Gasteiger partial charge in [0.1, 0.15) is 0 Å². The zero-order chi connectivity index (χ0) is 19.6. The van der Waals surface area contributed by atoms with Crippen molar-refractivity contribution in [3.63, 3.8) is 0 Å². The fourth-order valence-corrected chi connectivity index (χ4v) is 4.28. The second kappa shape index (κ2) is 7.94. The van der Waals surface area contributed by atoms with Crippen LogP contribution in [0.2, 0.25) is 5.02 Å². The summed E-state index contributed by atoms with van der Waals surface area (Å²) in [5.74, 6) is -0.278. The normalized spacial score (nSPS) is 18.2. The van der Waals surface area contributed by atoms with Gasteiger partial charge >= 0.3 is 0 Å². The molecule has 0 radical (unpaired) electrons. The Bertz CT molecular complexity index is 866. The second-order valence-corrected chi connectivity index (χ2v) is 8.16. The number of nitrogens with one attached hydrogen (secondary N) is 2. The van der Waals surface area contributed by atoms with Gasteiger partial charge in [-0.25, -0.2) is 0 Å². The Balaban J connectivity index is 1.47. The molecule has 2 aromatic carbocycles. The maximum absolute atomic E-state index is 13.1. The number of nitrogens with zero attached hydrogens (tertiary/aromatic N) is 1. The number of anilines is 1. The smallest absolute Gasteiger partial charge is 0.255 e. The van der Waals surface area contributed by atoms with E-state index in [4.69, 9.17) is 11.6 Å². The molecule has 0 aromatic heterocycles. The van der Waals surface area contributed by atoms with E-state index in [0.717, 1.165) is 39.0 Å². The summed E-state index contributed by atoms with van der Waals surface area (Å²) in [6.07, 6.45) is 3.26. The van der Waals surface area contributed by atoms with Gasteiger partial charge in [0.15, 0.2) is 0 Å². The van der Waals surface area contributed by atoms with Crippen LogP contribution in [0.3, 0.4) is 0 Å². The summed E-state index contributed by atoms with van der Waals surface area (Å²) in [6, 6.07) is 13.9. The lowest BCUT2D eigenvalue weighted by atomic mass is 9.78. The van der Waals surface area contributed by atoms with E-state index >= 15 is 0 Å². The number of para-hydroxylation sites is 1. The largest absolute Gasteiger partial charge is 0.339 e. The van der Waals surface area contributed by atoms with Gasteiger partial charge in [-0.1, -0.05) is 23.7 Å². The standard InChI is InChI=1S/C22H24ClN3O2/c23-17-7-5-16(6-8-17)20(27)25-19-4-2-1-3-18(19)21(28)26-13-10-22(11-14-26)9-12-24-15-22/h1-8,24H,9-15H2,(H,25,27). The molecule has 0 saturated carbocycles. The first-order valence-corrected chi connectivity index (χ1v) is 10.1. The van der Waals surface area contributed by atoms with Crippen LogP contribution < -0.4 is 10.6 Å². The number of carbonyl (C=O) groups is 2. The third-order valence-electron chi connectivity index (χ3n) is 5.96. The lowest BCUT2D eigenvalue weighted by Gasteiger charge is -2.39. The van der Waals surface area contributed by atoms with Gasteiger partial charge in [-0.05, 0) is 67.6 Å². The zero-order valence-corrected chi connectivity index (χ0v) is 16.5. The third-order valence-corrected chi connectivity index (χ3v) is 6.21. The van der Waals surface area contributed by atoms with E-state index in [1.54, 1.807) is 36.4 Å². The van der Waals surface area contributed by atoms with Crippen LogP contribution in [0.4, 0.5) is 5.69 Å². The SMILES string of the molecule is O=C(Nc1ccccc1C(=O)N1CCC2(CCNC2)CC1)c1ccc(Cl)cc1. The Morgan fingerprint density at radius 2 is 1.71 bits per heavy atom. The van der Waals surface area contributed by atoms with Gasteiger partial charge in [-0.3, -0.25) is 9.59 Å². The minimum atomic E-state index is -0.258. The molecule has 2 heterocycles. The Morgan fingerprint density at radius 3 is 2.39 bits per heavy atom. The molecule has 0 atom stereocenters. The van der Waals surface area contributed by atoms with Gasteiger partial charge in [0, 0.05) is 30.2 Å². The summed E-state index contributed by atoms with van der Waals surface area (Å²) in [7, 11) is 0. The molecule has 6 heteroatoms. The summed E-state index contributed by atoms with van der Waals surface area (Å²) >= 11 is 5.89. The van der Waals surface area contributed by atoms with Crippen molar-refractivity contribution in [2.75, 3.05) is 31.5 Å². The molecule has 2 saturated heterocycles. The van der Waals surface area contributed by atoms with Gasteiger partial charge in [0.25, 0.3) is 11.8 Å². The number of hydrogen-bond donors (Lipinski definition) is 2. The topological polar surface area (TPSA) is 61.4 Å². The number of carbonyl (C=O) groups excluding carboxylic acids is 2. The average Bonchev–Trinajstić information content (AvgIpc) is 3.17. The molecule has 1 spiro atoms. The molecule has 2 aliphatic heterocycles. The number of amides is 2. The van der Waals surface area contributed by atoms with E-state index in [-0.39, 0.29) is 11.8 Å². The number of rotatable bonds is 3. The molecule has 28 heavy (non-hydrogen) atoms. The van der Waals surface area contributed by atoms with Crippen molar-refractivity contribution in [2.45, 2.75) is 19.3 Å². The molecule has 0 bridgehead atoms. The first kappa shape index (κ1) is 19.0. The Morgan fingerprint density at radius 1 is 1.00 bits per heavy atom. The fraction of sp³-hybridized carbons (Fsp3) is 0.364. The van der Waals surface area contributed by atoms with Gasteiger partial charge in [-0.2, -0.15) is 0 Å². The molecule has 5 nitrogen and oxygen atoms in total. The van der Waals surface area contributed by atoms with Crippen molar-refractivity contribution in [2.24, 2.45) is 5.41 Å². The van der Waals surface area contributed by atoms with Crippen LogP contribution in [0, 0.1) is 5.41 Å². The number of piperidine rings is 1. The molecule has 2 amide bonds. The van der Waals surface area contributed by atoms with Crippen LogP contribution in [0.5, 0.6) is 0 Å². The van der Waals surface area contributed by atoms with Crippen molar-refractivity contribution in [1.82, 2.24) is 10.2 Å². The summed E-state index contributed by atoms with van der Waals surface area (Å²) in [6.45, 7) is 3.66. The van der Waals surface area contributed by atoms with Crippen LogP contribution in [0.15, 0.2) is 48.5 Å². The van der Waals surface area contributed by atoms with Crippen molar-refractivity contribution in [1.29, 1.82) is 0 Å². The summed E-state index contributed by atoms with van der Waals surface area (Å²) < 4.78 is 0. The minimum absolute atomic E-state index is 0.0205. The van der Waals surface area contributed by atoms with E-state index in [2.05, 4.69) is 10.6 Å². The number of likely N-dealkylation sites (tertiary alicyclic amines) is 1. The first-order chi connectivity index (χ1) is 13.6. The van der Waals surface area contributed by atoms with Crippen LogP contribution in [0.25, 0.3) is 0 Å². The Kier molecular flexibility index (Phi) is 5.38. The highest BCUT2D eigenvalue weighted by Crippen LogP contribution is 2.37. The number of hydrogen-bond acceptors (Lipinski definition) is 3. The monoisotopic (exact) mass is 397 g/mol. The van der Waals surface area contributed by atoms with Crippen LogP contribution >= 0.6 is 11.6 Å². The maximum atomic E-state index is 13.1. The zero-order valence-electron chi connectivity index (χ0n) is 15.7. The van der Waals surface area contributed by atoms with Crippen molar-refractivity contribution >= 4 is 29.1 Å². The highest BCUT2D eigenvalue weighted by Gasteiger charge is 2.38. The van der Waals surface area contributed by atoms with Gasteiger partial charge in [-0.15, -0.1) is 0 Å². The van der Waals surface area contributed by atoms with E-state index in [0.29, 0.717) is 27.3 Å². The van der Waals surface area contributed by atoms with Gasteiger partial charge < -0.3 is 15.5 Å². The molecular formula is C22H24ClN3O2. The van der Waals surface area contributed by atoms with Gasteiger partial charge in [0.2, 0.25) is 0 Å². The predicted molar refractivity (Wildman–Crippen MR) is 111 cm³/mol. The molecule has 4 rings (SSSR count). The summed E-state index contributed by atoms with van der Waals surface area (Å²) in [5.41, 5.74) is 1.93. The Hall–Kier alpha value is -2.37. The Labute approximate surface area is 170 Å². The van der Waals surface area contributed by atoms with Crippen LogP contribution in [0.1, 0.15) is 40.0 Å². The fourth-order valence-electron chi connectivity index (χ4n) is 4.15. The van der Waals surface area contributed by atoms with E-state index in [1.165, 1.54) is 6.42 Å². The molecule has 2 fully saturated rings. The van der Waals surface area contributed by atoms with E-state index in [1.807, 2.05) is 17.0 Å². The molecule has 2 aromatic rings. The molecule has 2 N–H and O–H groups in total.